The van der Waals surface area contributed by atoms with E-state index in [0.717, 1.165) is 52.1 Å². The summed E-state index contributed by atoms with van der Waals surface area (Å²) in [4.78, 5) is 0. The second-order valence-corrected chi connectivity index (χ2v) is 5.62. The van der Waals surface area contributed by atoms with E-state index in [4.69, 9.17) is 18.3 Å². The lowest BCUT2D eigenvalue weighted by Gasteiger charge is -2.41. The Labute approximate surface area is 121 Å². The maximum Gasteiger partial charge on any atom is 0.304 e. The molecule has 0 bridgehead atoms. The predicted molar refractivity (Wildman–Crippen MR) is 80.9 cm³/mol. The first-order valence-electron chi connectivity index (χ1n) is 7.68. The summed E-state index contributed by atoms with van der Waals surface area (Å²) in [7, 11) is -0.589. The van der Waals surface area contributed by atoms with Gasteiger partial charge in [0.1, 0.15) is 0 Å². The maximum atomic E-state index is 5.69. The van der Waals surface area contributed by atoms with Crippen molar-refractivity contribution in [1.82, 2.24) is 0 Å². The van der Waals surface area contributed by atoms with E-state index < -0.39 is 10.0 Å². The number of hydrogen-bond acceptors (Lipinski definition) is 4. The van der Waals surface area contributed by atoms with Gasteiger partial charge in [-0.1, -0.05) is 13.8 Å². The zero-order chi connectivity index (χ0) is 14.4. The molecule has 0 atom stereocenters. The summed E-state index contributed by atoms with van der Waals surface area (Å²) < 4.78 is 21.4. The molecule has 0 aliphatic heterocycles. The van der Waals surface area contributed by atoms with Gasteiger partial charge < -0.3 is 18.3 Å². The molecule has 4 nitrogen and oxygen atoms in total. The van der Waals surface area contributed by atoms with Crippen LogP contribution in [0.2, 0.25) is 0 Å². The first-order chi connectivity index (χ1) is 9.24. The van der Waals surface area contributed by atoms with E-state index in [0.29, 0.717) is 0 Å². The van der Waals surface area contributed by atoms with Crippen molar-refractivity contribution < 1.29 is 18.3 Å². The first-order valence-corrected chi connectivity index (χ1v) is 8.83. The molecule has 0 aromatic heterocycles. The van der Waals surface area contributed by atoms with Crippen LogP contribution in [0.15, 0.2) is 0 Å². The highest BCUT2D eigenvalue weighted by Gasteiger charge is 2.38. The smallest absolute Gasteiger partial charge is 0.304 e. The zero-order valence-corrected chi connectivity index (χ0v) is 14.6. The summed E-state index contributed by atoms with van der Waals surface area (Å²) in [6.07, 6.45) is 5.60. The van der Waals surface area contributed by atoms with Crippen molar-refractivity contribution in [3.05, 3.63) is 0 Å². The molecule has 19 heavy (non-hydrogen) atoms. The van der Waals surface area contributed by atoms with E-state index in [9.17, 15) is 0 Å². The average molecular weight is 292 g/mol. The molecule has 0 aromatic rings. The van der Waals surface area contributed by atoms with Gasteiger partial charge in [-0.3, -0.25) is 0 Å². The maximum absolute atomic E-state index is 5.69. The highest BCUT2D eigenvalue weighted by Crippen LogP contribution is 2.36. The molecule has 1 aliphatic rings. The minimum atomic E-state index is -0.589. The highest BCUT2D eigenvalue weighted by molar-refractivity contribution is 6.17. The fourth-order valence-electron chi connectivity index (χ4n) is 1.60. The fraction of sp³-hybridized carbons (Fsp3) is 1.00. The second kappa shape index (κ2) is 13.1. The molecule has 1 rings (SSSR count). The van der Waals surface area contributed by atoms with Crippen molar-refractivity contribution in [2.75, 3.05) is 26.4 Å². The normalized spacial score (nSPS) is 16.4. The van der Waals surface area contributed by atoms with E-state index in [-0.39, 0.29) is 5.79 Å². The molecule has 116 valence electrons. The molecule has 0 spiro atoms. The molecule has 0 aromatic carbocycles. The zero-order valence-electron chi connectivity index (χ0n) is 13.2. The Morgan fingerprint density at radius 3 is 1.58 bits per heavy atom. The monoisotopic (exact) mass is 292 g/mol. The van der Waals surface area contributed by atoms with Crippen LogP contribution < -0.4 is 0 Å². The third-order valence-electron chi connectivity index (χ3n) is 2.83. The molecule has 1 fully saturated rings. The van der Waals surface area contributed by atoms with Crippen LogP contribution in [0, 0.1) is 0 Å². The third-order valence-corrected chi connectivity index (χ3v) is 3.98. The van der Waals surface area contributed by atoms with Gasteiger partial charge in [0.2, 0.25) is 0 Å². The van der Waals surface area contributed by atoms with Crippen LogP contribution in [0.1, 0.15) is 59.8 Å². The summed E-state index contributed by atoms with van der Waals surface area (Å²) in [5.41, 5.74) is 0. The van der Waals surface area contributed by atoms with Crippen LogP contribution in [0.5, 0.6) is 0 Å². The van der Waals surface area contributed by atoms with E-state index in [2.05, 4.69) is 13.8 Å². The molecule has 5 heteroatoms. The Morgan fingerprint density at radius 2 is 1.32 bits per heavy atom. The molecule has 1 saturated carbocycles. The summed E-state index contributed by atoms with van der Waals surface area (Å²) in [5.74, 6) is -0.175. The molecule has 1 aliphatic carbocycles. The van der Waals surface area contributed by atoms with Gasteiger partial charge in [0.05, 0.1) is 0 Å². The Bertz CT molecular complexity index is 172. The number of hydrogen-bond donors (Lipinski definition) is 0. The van der Waals surface area contributed by atoms with Gasteiger partial charge in [-0.25, -0.2) is 0 Å². The van der Waals surface area contributed by atoms with Gasteiger partial charge in [-0.15, -0.1) is 0 Å². The largest absolute Gasteiger partial charge is 0.399 e. The van der Waals surface area contributed by atoms with Crippen molar-refractivity contribution in [3.63, 3.8) is 0 Å². The van der Waals surface area contributed by atoms with Gasteiger partial charge in [-0.05, 0) is 33.1 Å². The minimum Gasteiger partial charge on any atom is -0.399 e. The number of rotatable bonds is 10. The van der Waals surface area contributed by atoms with Crippen molar-refractivity contribution in [1.29, 1.82) is 0 Å². The van der Waals surface area contributed by atoms with Crippen molar-refractivity contribution in [3.8, 4) is 0 Å². The SMILES string of the molecule is CCCOC1(OCCC)CCC1.CCO[SiH2]OCC. The Morgan fingerprint density at radius 1 is 0.842 bits per heavy atom. The van der Waals surface area contributed by atoms with Gasteiger partial charge >= 0.3 is 10.0 Å². The second-order valence-electron chi connectivity index (χ2n) is 4.56. The lowest BCUT2D eigenvalue weighted by molar-refractivity contribution is -0.277. The topological polar surface area (TPSA) is 36.9 Å². The standard InChI is InChI=1S/C10H20O2.C4H12O2Si/c1-3-8-11-10(6-5-7-10)12-9-4-2;1-3-5-7-6-4-2/h3-9H2,1-2H3;3-4,7H2,1-2H3. The van der Waals surface area contributed by atoms with E-state index in [1.807, 2.05) is 13.8 Å². The molecular formula is C14H32O4Si. The molecule has 0 radical (unpaired) electrons. The Hall–Kier alpha value is 0.0569. The van der Waals surface area contributed by atoms with Crippen LogP contribution in [0.4, 0.5) is 0 Å². The quantitative estimate of drug-likeness (QED) is 0.352. The molecular weight excluding hydrogens is 260 g/mol. The summed E-state index contributed by atoms with van der Waals surface area (Å²) in [6, 6.07) is 0. The number of ether oxygens (including phenoxy) is 2. The van der Waals surface area contributed by atoms with E-state index in [1.165, 1.54) is 6.42 Å². The lowest BCUT2D eigenvalue weighted by atomic mass is 9.91. The summed E-state index contributed by atoms with van der Waals surface area (Å²) in [6.45, 7) is 11.5. The van der Waals surface area contributed by atoms with Gasteiger partial charge in [0.25, 0.3) is 0 Å². The van der Waals surface area contributed by atoms with Gasteiger partial charge in [-0.2, -0.15) is 0 Å². The van der Waals surface area contributed by atoms with Crippen molar-refractivity contribution >= 4 is 10.0 Å². The van der Waals surface area contributed by atoms with Gasteiger partial charge in [0, 0.05) is 39.3 Å². The van der Waals surface area contributed by atoms with Crippen molar-refractivity contribution in [2.45, 2.75) is 65.6 Å². The van der Waals surface area contributed by atoms with Crippen LogP contribution in [0.3, 0.4) is 0 Å². The lowest BCUT2D eigenvalue weighted by Crippen LogP contribution is -2.43. The molecule has 0 heterocycles. The first kappa shape index (κ1) is 19.1. The Kier molecular flexibility index (Phi) is 13.1. The van der Waals surface area contributed by atoms with Crippen LogP contribution in [-0.2, 0) is 18.3 Å². The Balaban J connectivity index is 0.000000399. The highest BCUT2D eigenvalue weighted by atomic mass is 28.3. The molecule has 0 unspecified atom stereocenters. The summed E-state index contributed by atoms with van der Waals surface area (Å²) >= 11 is 0. The third kappa shape index (κ3) is 9.57. The molecule has 0 N–H and O–H groups in total. The van der Waals surface area contributed by atoms with Crippen LogP contribution in [-0.4, -0.2) is 42.2 Å². The molecule has 0 saturated heterocycles. The van der Waals surface area contributed by atoms with Crippen LogP contribution >= 0.6 is 0 Å². The average Bonchev–Trinajstić information content (AvgIpc) is 2.39. The predicted octanol–water partition coefficient (Wildman–Crippen LogP) is 2.78. The summed E-state index contributed by atoms with van der Waals surface area (Å²) in [5, 5.41) is 0. The van der Waals surface area contributed by atoms with Crippen LogP contribution in [0.25, 0.3) is 0 Å². The van der Waals surface area contributed by atoms with E-state index >= 15 is 0 Å². The minimum absolute atomic E-state index is 0.175. The van der Waals surface area contributed by atoms with E-state index in [1.54, 1.807) is 0 Å². The van der Waals surface area contributed by atoms with Gasteiger partial charge in [0.15, 0.2) is 5.79 Å². The fourth-order valence-corrected chi connectivity index (χ4v) is 2.05. The van der Waals surface area contributed by atoms with Crippen molar-refractivity contribution in [2.24, 2.45) is 0 Å². The molecule has 0 amide bonds.